The molecule has 4 heteroatoms. The zero-order chi connectivity index (χ0) is 10.6. The molecule has 0 aromatic carbocycles. The lowest BCUT2D eigenvalue weighted by Crippen LogP contribution is -1.99. The summed E-state index contributed by atoms with van der Waals surface area (Å²) in [5, 5.41) is 1.21. The molecular formula is C10H17BrN2S. The summed E-state index contributed by atoms with van der Waals surface area (Å²) in [6, 6.07) is 0. The number of nitrogens with zero attached hydrogens (tertiary/aromatic N) is 1. The van der Waals surface area contributed by atoms with Crippen molar-refractivity contribution in [2.75, 3.05) is 6.54 Å². The SMILES string of the molecule is CC(C)Cc1sc(CCCN)nc1Br. The van der Waals surface area contributed by atoms with Gasteiger partial charge in [-0.2, -0.15) is 0 Å². The van der Waals surface area contributed by atoms with Crippen molar-refractivity contribution in [2.45, 2.75) is 33.1 Å². The van der Waals surface area contributed by atoms with Crippen molar-refractivity contribution in [1.82, 2.24) is 4.98 Å². The molecule has 0 spiro atoms. The number of halogens is 1. The van der Waals surface area contributed by atoms with Gasteiger partial charge in [0.2, 0.25) is 0 Å². The fourth-order valence-electron chi connectivity index (χ4n) is 1.24. The zero-order valence-corrected chi connectivity index (χ0v) is 11.1. The summed E-state index contributed by atoms with van der Waals surface area (Å²) in [6.07, 6.45) is 3.15. The predicted molar refractivity (Wildman–Crippen MR) is 65.7 cm³/mol. The number of aryl methyl sites for hydroxylation is 1. The van der Waals surface area contributed by atoms with Crippen LogP contribution in [0.25, 0.3) is 0 Å². The summed E-state index contributed by atoms with van der Waals surface area (Å²) in [4.78, 5) is 5.85. The van der Waals surface area contributed by atoms with E-state index in [0.717, 1.165) is 30.4 Å². The van der Waals surface area contributed by atoms with Crippen molar-refractivity contribution in [3.8, 4) is 0 Å². The van der Waals surface area contributed by atoms with Gasteiger partial charge in [0.15, 0.2) is 0 Å². The smallest absolute Gasteiger partial charge is 0.120 e. The molecule has 1 aromatic rings. The van der Waals surface area contributed by atoms with Gasteiger partial charge in [0.1, 0.15) is 4.60 Å². The van der Waals surface area contributed by atoms with E-state index in [2.05, 4.69) is 34.8 Å². The van der Waals surface area contributed by atoms with E-state index in [9.17, 15) is 0 Å². The van der Waals surface area contributed by atoms with Crippen LogP contribution in [0.2, 0.25) is 0 Å². The first-order valence-corrected chi connectivity index (χ1v) is 6.58. The number of hydrogen-bond acceptors (Lipinski definition) is 3. The Balaban J connectivity index is 2.62. The minimum absolute atomic E-state index is 0.689. The van der Waals surface area contributed by atoms with Crippen LogP contribution in [0.5, 0.6) is 0 Å². The largest absolute Gasteiger partial charge is 0.330 e. The first kappa shape index (κ1) is 12.1. The molecule has 0 unspecified atom stereocenters. The Morgan fingerprint density at radius 2 is 2.21 bits per heavy atom. The van der Waals surface area contributed by atoms with E-state index < -0.39 is 0 Å². The highest BCUT2D eigenvalue weighted by molar-refractivity contribution is 9.10. The molecule has 0 aliphatic heterocycles. The van der Waals surface area contributed by atoms with Crippen molar-refractivity contribution >= 4 is 27.3 Å². The number of nitrogens with two attached hydrogens (primary N) is 1. The van der Waals surface area contributed by atoms with E-state index in [4.69, 9.17) is 5.73 Å². The van der Waals surface area contributed by atoms with Crippen LogP contribution in [0, 0.1) is 5.92 Å². The summed E-state index contributed by atoms with van der Waals surface area (Å²) < 4.78 is 1.03. The highest BCUT2D eigenvalue weighted by Crippen LogP contribution is 2.26. The number of hydrogen-bond donors (Lipinski definition) is 1. The fourth-order valence-corrected chi connectivity index (χ4v) is 3.19. The lowest BCUT2D eigenvalue weighted by Gasteiger charge is -2.00. The van der Waals surface area contributed by atoms with Crippen LogP contribution in [-0.2, 0) is 12.8 Å². The number of aromatic nitrogens is 1. The minimum Gasteiger partial charge on any atom is -0.330 e. The van der Waals surface area contributed by atoms with E-state index in [1.807, 2.05) is 11.3 Å². The Labute approximate surface area is 98.1 Å². The van der Waals surface area contributed by atoms with Gasteiger partial charge in [-0.3, -0.25) is 0 Å². The summed E-state index contributed by atoms with van der Waals surface area (Å²) >= 11 is 5.32. The van der Waals surface area contributed by atoms with E-state index >= 15 is 0 Å². The van der Waals surface area contributed by atoms with E-state index in [0.29, 0.717) is 5.92 Å². The molecule has 0 aliphatic rings. The summed E-state index contributed by atoms with van der Waals surface area (Å²) in [7, 11) is 0. The Kier molecular flexibility index (Phi) is 5.06. The van der Waals surface area contributed by atoms with Crippen molar-refractivity contribution in [3.63, 3.8) is 0 Å². The molecule has 80 valence electrons. The highest BCUT2D eigenvalue weighted by Gasteiger charge is 2.09. The summed E-state index contributed by atoms with van der Waals surface area (Å²) in [5.41, 5.74) is 5.47. The molecule has 0 radical (unpaired) electrons. The molecule has 1 aromatic heterocycles. The van der Waals surface area contributed by atoms with Gasteiger partial charge >= 0.3 is 0 Å². The average molecular weight is 277 g/mol. The highest BCUT2D eigenvalue weighted by atomic mass is 79.9. The van der Waals surface area contributed by atoms with Gasteiger partial charge in [0.25, 0.3) is 0 Å². The maximum absolute atomic E-state index is 5.47. The molecule has 0 amide bonds. The molecule has 0 fully saturated rings. The molecule has 0 bridgehead atoms. The lowest BCUT2D eigenvalue weighted by molar-refractivity contribution is 0.651. The third-order valence-electron chi connectivity index (χ3n) is 1.88. The Morgan fingerprint density at radius 1 is 1.50 bits per heavy atom. The monoisotopic (exact) mass is 276 g/mol. The maximum atomic E-state index is 5.47. The molecule has 1 rings (SSSR count). The van der Waals surface area contributed by atoms with Crippen LogP contribution < -0.4 is 5.73 Å². The normalized spacial score (nSPS) is 11.2. The van der Waals surface area contributed by atoms with Gasteiger partial charge in [0.05, 0.1) is 5.01 Å². The molecule has 0 saturated heterocycles. The second kappa shape index (κ2) is 5.83. The number of rotatable bonds is 5. The maximum Gasteiger partial charge on any atom is 0.120 e. The van der Waals surface area contributed by atoms with Crippen molar-refractivity contribution in [1.29, 1.82) is 0 Å². The first-order valence-electron chi connectivity index (χ1n) is 4.97. The van der Waals surface area contributed by atoms with E-state index in [-0.39, 0.29) is 0 Å². The van der Waals surface area contributed by atoms with Crippen molar-refractivity contribution < 1.29 is 0 Å². The second-order valence-electron chi connectivity index (χ2n) is 3.81. The molecule has 2 N–H and O–H groups in total. The van der Waals surface area contributed by atoms with Crippen LogP contribution in [0.3, 0.4) is 0 Å². The van der Waals surface area contributed by atoms with Gasteiger partial charge in [-0.15, -0.1) is 11.3 Å². The van der Waals surface area contributed by atoms with Crippen LogP contribution in [0.1, 0.15) is 30.2 Å². The molecule has 0 saturated carbocycles. The van der Waals surface area contributed by atoms with Crippen LogP contribution >= 0.6 is 27.3 Å². The van der Waals surface area contributed by atoms with Crippen molar-refractivity contribution in [3.05, 3.63) is 14.5 Å². The van der Waals surface area contributed by atoms with Gasteiger partial charge in [-0.1, -0.05) is 13.8 Å². The summed E-state index contributed by atoms with van der Waals surface area (Å²) in [6.45, 7) is 5.20. The standard InChI is InChI=1S/C10H17BrN2S/c1-7(2)6-8-10(11)13-9(14-8)4-3-5-12/h7H,3-6,12H2,1-2H3. The van der Waals surface area contributed by atoms with Crippen molar-refractivity contribution in [2.24, 2.45) is 11.7 Å². The Bertz CT molecular complexity index is 284. The van der Waals surface area contributed by atoms with Crippen LogP contribution in [-0.4, -0.2) is 11.5 Å². The van der Waals surface area contributed by atoms with Gasteiger partial charge in [-0.05, 0) is 41.2 Å². The molecule has 14 heavy (non-hydrogen) atoms. The predicted octanol–water partition coefficient (Wildman–Crippen LogP) is 3.00. The Hall–Kier alpha value is 0.0700. The molecule has 0 atom stereocenters. The van der Waals surface area contributed by atoms with Gasteiger partial charge in [-0.25, -0.2) is 4.98 Å². The topological polar surface area (TPSA) is 38.9 Å². The number of thiazole rings is 1. The minimum atomic E-state index is 0.689. The van der Waals surface area contributed by atoms with E-state index in [1.54, 1.807) is 0 Å². The second-order valence-corrected chi connectivity index (χ2v) is 5.73. The fraction of sp³-hybridized carbons (Fsp3) is 0.700. The Morgan fingerprint density at radius 3 is 2.79 bits per heavy atom. The quantitative estimate of drug-likeness (QED) is 0.898. The van der Waals surface area contributed by atoms with Crippen LogP contribution in [0.15, 0.2) is 4.60 Å². The zero-order valence-electron chi connectivity index (χ0n) is 8.72. The third kappa shape index (κ3) is 3.67. The molecular weight excluding hydrogens is 260 g/mol. The van der Waals surface area contributed by atoms with Crippen LogP contribution in [0.4, 0.5) is 0 Å². The average Bonchev–Trinajstić information content (AvgIpc) is 2.43. The molecule has 1 heterocycles. The third-order valence-corrected chi connectivity index (χ3v) is 3.94. The molecule has 2 nitrogen and oxygen atoms in total. The van der Waals surface area contributed by atoms with Gasteiger partial charge in [0, 0.05) is 11.3 Å². The lowest BCUT2D eigenvalue weighted by atomic mass is 10.1. The van der Waals surface area contributed by atoms with E-state index in [1.165, 1.54) is 9.88 Å². The first-order chi connectivity index (χ1) is 6.63. The summed E-state index contributed by atoms with van der Waals surface area (Å²) in [5.74, 6) is 0.689. The van der Waals surface area contributed by atoms with Gasteiger partial charge < -0.3 is 5.73 Å². The molecule has 0 aliphatic carbocycles.